The average Bonchev–Trinajstić information content (AvgIpc) is 2.97. The first-order chi connectivity index (χ1) is 12.2. The Bertz CT molecular complexity index is 729. The molecule has 1 aliphatic heterocycles. The van der Waals surface area contributed by atoms with Crippen LogP contribution in [0.5, 0.6) is 5.75 Å². The van der Waals surface area contributed by atoms with Crippen LogP contribution in [0.3, 0.4) is 0 Å². The van der Waals surface area contributed by atoms with E-state index in [2.05, 4.69) is 0 Å². The number of thioether (sulfide) groups is 1. The topological polar surface area (TPSA) is 83.1 Å². The molecule has 1 heterocycles. The summed E-state index contributed by atoms with van der Waals surface area (Å²) in [6.45, 7) is 5.41. The monoisotopic (exact) mass is 378 g/mol. The van der Waals surface area contributed by atoms with E-state index in [1.54, 1.807) is 27.9 Å². The van der Waals surface area contributed by atoms with Gasteiger partial charge in [0.1, 0.15) is 11.4 Å². The number of carbonyl (C=O) groups is 1. The van der Waals surface area contributed by atoms with E-state index in [0.29, 0.717) is 16.8 Å². The zero-order valence-corrected chi connectivity index (χ0v) is 16.5. The quantitative estimate of drug-likeness (QED) is 0.609. The smallest absolute Gasteiger partial charge is 0.496 e. The zero-order valence-electron chi connectivity index (χ0n) is 15.7. The molecule has 0 saturated heterocycles. The molecule has 0 amide bonds. The van der Waals surface area contributed by atoms with Crippen molar-refractivity contribution in [1.82, 2.24) is 0 Å². The maximum Gasteiger partial charge on any atom is 0.516 e. The van der Waals surface area contributed by atoms with Gasteiger partial charge in [0.25, 0.3) is 5.23 Å². The van der Waals surface area contributed by atoms with Crippen LogP contribution in [0.4, 0.5) is 10.5 Å². The minimum Gasteiger partial charge on any atom is -0.496 e. The minimum absolute atomic E-state index is 0.349. The molecule has 0 aromatic heterocycles. The molecule has 1 fully saturated rings. The number of ether oxygens (including phenoxy) is 3. The Morgan fingerprint density at radius 3 is 2.85 bits per heavy atom. The molecule has 0 unspecified atom stereocenters. The van der Waals surface area contributed by atoms with E-state index in [4.69, 9.17) is 24.9 Å². The third-order valence-corrected chi connectivity index (χ3v) is 5.73. The summed E-state index contributed by atoms with van der Waals surface area (Å²) < 4.78 is 16.2. The lowest BCUT2D eigenvalue weighted by Crippen LogP contribution is -2.36. The second-order valence-corrected chi connectivity index (χ2v) is 8.70. The molecule has 0 radical (unpaired) electrons. The molecular weight excluding hydrogens is 352 g/mol. The van der Waals surface area contributed by atoms with E-state index in [9.17, 15) is 4.79 Å². The molecule has 2 N–H and O–H groups in total. The molecule has 1 aromatic carbocycles. The lowest BCUT2D eigenvalue weighted by molar-refractivity contribution is 0.0185. The van der Waals surface area contributed by atoms with Gasteiger partial charge in [0.15, 0.2) is 0 Å². The molecule has 6 nitrogen and oxygen atoms in total. The van der Waals surface area contributed by atoms with Gasteiger partial charge >= 0.3 is 6.16 Å². The van der Waals surface area contributed by atoms with Crippen molar-refractivity contribution < 1.29 is 19.0 Å². The number of nitrogens with two attached hydrogens (primary N) is 1. The van der Waals surface area contributed by atoms with Gasteiger partial charge in [-0.3, -0.25) is 0 Å². The number of aliphatic imine (C=N–C) groups is 1. The molecule has 1 aliphatic carbocycles. The van der Waals surface area contributed by atoms with Crippen molar-refractivity contribution in [3.63, 3.8) is 0 Å². The van der Waals surface area contributed by atoms with Crippen molar-refractivity contribution in [2.24, 2.45) is 10.9 Å². The van der Waals surface area contributed by atoms with Gasteiger partial charge in [-0.25, -0.2) is 9.79 Å². The minimum atomic E-state index is -0.727. The van der Waals surface area contributed by atoms with E-state index < -0.39 is 17.3 Å². The first-order valence-corrected chi connectivity index (χ1v) is 9.79. The molecule has 0 spiro atoms. The van der Waals surface area contributed by atoms with Crippen LogP contribution >= 0.6 is 11.8 Å². The standard InChI is InChI=1S/C19H26N2O4S/c1-18(2,3)25-17(22)24-16-21-19(9-5-6-12(19)11-26-16)14-10-13(20)7-8-15(14)23-4/h7-8,10,12H,5-6,9,11,20H2,1-4H3/t12-,19-/m0/s1. The largest absolute Gasteiger partial charge is 0.516 e. The summed E-state index contributed by atoms with van der Waals surface area (Å²) in [4.78, 5) is 16.9. The Labute approximate surface area is 158 Å². The van der Waals surface area contributed by atoms with Crippen molar-refractivity contribution in [2.75, 3.05) is 18.6 Å². The van der Waals surface area contributed by atoms with Gasteiger partial charge in [0.2, 0.25) is 0 Å². The molecule has 3 rings (SSSR count). The van der Waals surface area contributed by atoms with Crippen molar-refractivity contribution in [2.45, 2.75) is 51.2 Å². The van der Waals surface area contributed by atoms with Crippen molar-refractivity contribution in [3.05, 3.63) is 23.8 Å². The third kappa shape index (κ3) is 3.77. The molecule has 142 valence electrons. The van der Waals surface area contributed by atoms with Gasteiger partial charge < -0.3 is 19.9 Å². The van der Waals surface area contributed by atoms with Gasteiger partial charge in [-0.15, -0.1) is 0 Å². The molecule has 0 bridgehead atoms. The highest BCUT2D eigenvalue weighted by molar-refractivity contribution is 8.13. The van der Waals surface area contributed by atoms with E-state index in [1.165, 1.54) is 11.8 Å². The number of hydrogen-bond donors (Lipinski definition) is 1. The van der Waals surface area contributed by atoms with Gasteiger partial charge in [-0.2, -0.15) is 0 Å². The molecule has 26 heavy (non-hydrogen) atoms. The predicted molar refractivity (Wildman–Crippen MR) is 104 cm³/mol. The summed E-state index contributed by atoms with van der Waals surface area (Å²) in [6, 6.07) is 5.63. The van der Waals surface area contributed by atoms with E-state index in [0.717, 1.165) is 36.3 Å². The van der Waals surface area contributed by atoms with Gasteiger partial charge in [-0.1, -0.05) is 18.2 Å². The lowest BCUT2D eigenvalue weighted by atomic mass is 9.81. The van der Waals surface area contributed by atoms with Crippen LogP contribution in [0.1, 0.15) is 45.6 Å². The van der Waals surface area contributed by atoms with Crippen LogP contribution in [-0.2, 0) is 15.0 Å². The molecule has 7 heteroatoms. The van der Waals surface area contributed by atoms with Crippen molar-refractivity contribution in [1.29, 1.82) is 0 Å². The van der Waals surface area contributed by atoms with E-state index in [1.807, 2.05) is 18.2 Å². The zero-order chi connectivity index (χ0) is 18.9. The highest BCUT2D eigenvalue weighted by Crippen LogP contribution is 2.53. The Morgan fingerprint density at radius 1 is 1.38 bits per heavy atom. The number of methoxy groups -OCH3 is 1. The summed E-state index contributed by atoms with van der Waals surface area (Å²) in [5, 5.41) is 0.349. The van der Waals surface area contributed by atoms with Gasteiger partial charge in [0, 0.05) is 17.0 Å². The Morgan fingerprint density at radius 2 is 2.15 bits per heavy atom. The number of nitrogens with zero attached hydrogens (tertiary/aromatic N) is 1. The number of anilines is 1. The maximum absolute atomic E-state index is 12.1. The first kappa shape index (κ1) is 18.9. The molecular formula is C19H26N2O4S. The number of rotatable bonds is 2. The molecule has 2 atom stereocenters. The van der Waals surface area contributed by atoms with Crippen molar-refractivity contribution >= 4 is 28.8 Å². The summed E-state index contributed by atoms with van der Waals surface area (Å²) >= 11 is 1.46. The number of carbonyl (C=O) groups excluding carboxylic acids is 1. The predicted octanol–water partition coefficient (Wildman–Crippen LogP) is 4.33. The van der Waals surface area contributed by atoms with Gasteiger partial charge in [0.05, 0.1) is 12.6 Å². The van der Waals surface area contributed by atoms with Crippen LogP contribution in [0.15, 0.2) is 23.2 Å². The van der Waals surface area contributed by atoms with Gasteiger partial charge in [-0.05, 0) is 57.7 Å². The average molecular weight is 378 g/mol. The second-order valence-electron chi connectivity index (χ2n) is 7.73. The summed E-state index contributed by atoms with van der Waals surface area (Å²) in [5.41, 5.74) is 6.60. The number of hydrogen-bond acceptors (Lipinski definition) is 7. The van der Waals surface area contributed by atoms with Crippen LogP contribution in [0.25, 0.3) is 0 Å². The van der Waals surface area contributed by atoms with Crippen LogP contribution in [0.2, 0.25) is 0 Å². The third-order valence-electron chi connectivity index (χ3n) is 4.73. The summed E-state index contributed by atoms with van der Waals surface area (Å²) in [7, 11) is 1.65. The fourth-order valence-corrected chi connectivity index (χ4v) is 4.81. The molecule has 1 aromatic rings. The second kappa shape index (κ2) is 7.02. The highest BCUT2D eigenvalue weighted by Gasteiger charge is 2.49. The van der Waals surface area contributed by atoms with E-state index in [-0.39, 0.29) is 0 Å². The molecule has 2 aliphatic rings. The Balaban J connectivity index is 1.95. The number of nitrogen functional groups attached to an aromatic ring is 1. The van der Waals surface area contributed by atoms with E-state index >= 15 is 0 Å². The van der Waals surface area contributed by atoms with Crippen LogP contribution in [-0.4, -0.2) is 29.8 Å². The van der Waals surface area contributed by atoms with Crippen molar-refractivity contribution in [3.8, 4) is 5.75 Å². The normalized spacial score (nSPS) is 25.2. The number of fused-ring (bicyclic) bond motifs is 1. The molecule has 1 saturated carbocycles. The fraction of sp³-hybridized carbons (Fsp3) is 0.579. The number of benzene rings is 1. The Kier molecular flexibility index (Phi) is 5.10. The highest BCUT2D eigenvalue weighted by atomic mass is 32.2. The maximum atomic E-state index is 12.1. The summed E-state index contributed by atoms with van der Waals surface area (Å²) in [6.07, 6.45) is 2.29. The SMILES string of the molecule is COc1ccc(N)cc1[C@]12CCC[C@H]1CSC(OC(=O)OC(C)(C)C)=N2. The van der Waals surface area contributed by atoms with Crippen LogP contribution in [0, 0.1) is 5.92 Å². The lowest BCUT2D eigenvalue weighted by Gasteiger charge is -2.36. The fourth-order valence-electron chi connectivity index (χ4n) is 3.67. The summed E-state index contributed by atoms with van der Waals surface area (Å²) in [5.74, 6) is 1.95. The first-order valence-electron chi connectivity index (χ1n) is 8.81. The van der Waals surface area contributed by atoms with Crippen LogP contribution < -0.4 is 10.5 Å². The Hall–Kier alpha value is -1.89.